The van der Waals surface area contributed by atoms with Gasteiger partial charge in [0.2, 0.25) is 0 Å². The van der Waals surface area contributed by atoms with E-state index in [2.05, 4.69) is 48.5 Å². The van der Waals surface area contributed by atoms with Crippen LogP contribution in [0.2, 0.25) is 0 Å². The zero-order valence-electron chi connectivity index (χ0n) is 14.2. The van der Waals surface area contributed by atoms with Crippen molar-refractivity contribution in [3.8, 4) is 5.75 Å². The Hall–Kier alpha value is -1.80. The van der Waals surface area contributed by atoms with E-state index in [1.54, 1.807) is 0 Å². The molecule has 1 aliphatic heterocycles. The lowest BCUT2D eigenvalue weighted by molar-refractivity contribution is 0.217. The number of ether oxygens (including phenoxy) is 1. The van der Waals surface area contributed by atoms with E-state index in [0.29, 0.717) is 24.5 Å². The second-order valence-corrected chi connectivity index (χ2v) is 7.28. The van der Waals surface area contributed by atoms with Gasteiger partial charge in [0.1, 0.15) is 11.9 Å². The Labute approximate surface area is 144 Å². The van der Waals surface area contributed by atoms with E-state index in [0.717, 1.165) is 31.4 Å². The number of unbranched alkanes of at least 4 members (excludes halogenated alkanes) is 1. The molecule has 2 aromatic rings. The minimum Gasteiger partial charge on any atom is -0.490 e. The minimum absolute atomic E-state index is 0.318. The van der Waals surface area contributed by atoms with Crippen molar-refractivity contribution < 1.29 is 9.84 Å². The van der Waals surface area contributed by atoms with E-state index in [-0.39, 0.29) is 0 Å². The summed E-state index contributed by atoms with van der Waals surface area (Å²) in [5.41, 5.74) is 4.27. The quantitative estimate of drug-likeness (QED) is 0.761. The molecule has 2 heteroatoms. The number of benzene rings is 2. The van der Waals surface area contributed by atoms with Crippen molar-refractivity contribution in [2.24, 2.45) is 5.92 Å². The molecule has 0 radical (unpaired) electrons. The van der Waals surface area contributed by atoms with Crippen LogP contribution in [-0.2, 0) is 12.8 Å². The Balaban J connectivity index is 1.29. The lowest BCUT2D eigenvalue weighted by atomic mass is 9.96. The molecular formula is C22H26O2. The van der Waals surface area contributed by atoms with Crippen LogP contribution in [0.4, 0.5) is 0 Å². The molecule has 1 fully saturated rings. The van der Waals surface area contributed by atoms with E-state index in [1.807, 2.05) is 0 Å². The number of aliphatic hydroxyl groups excluding tert-OH is 1. The van der Waals surface area contributed by atoms with Crippen molar-refractivity contribution in [2.75, 3.05) is 6.61 Å². The summed E-state index contributed by atoms with van der Waals surface area (Å²) in [4.78, 5) is 0. The lowest BCUT2D eigenvalue weighted by Gasteiger charge is -2.10. The van der Waals surface area contributed by atoms with Crippen LogP contribution in [0, 0.1) is 5.92 Å². The van der Waals surface area contributed by atoms with Crippen molar-refractivity contribution in [3.63, 3.8) is 0 Å². The van der Waals surface area contributed by atoms with Gasteiger partial charge in [-0.15, -0.1) is 0 Å². The predicted octanol–water partition coefficient (Wildman–Crippen LogP) is 4.50. The molecule has 0 bridgehead atoms. The fraction of sp³-hybridized carbons (Fsp3) is 0.455. The second kappa shape index (κ2) is 6.98. The average Bonchev–Trinajstić information content (AvgIpc) is 3.29. The average molecular weight is 322 g/mol. The van der Waals surface area contributed by atoms with Gasteiger partial charge in [0.25, 0.3) is 0 Å². The molecular weight excluding hydrogens is 296 g/mol. The first-order valence-corrected chi connectivity index (χ1v) is 9.28. The summed E-state index contributed by atoms with van der Waals surface area (Å²) in [6, 6.07) is 17.2. The molecule has 0 aromatic heterocycles. The van der Waals surface area contributed by atoms with Crippen LogP contribution in [0.3, 0.4) is 0 Å². The maximum Gasteiger partial charge on any atom is 0.123 e. The fourth-order valence-corrected chi connectivity index (χ4v) is 4.04. The Morgan fingerprint density at radius 1 is 1.00 bits per heavy atom. The van der Waals surface area contributed by atoms with Crippen molar-refractivity contribution in [3.05, 3.63) is 65.2 Å². The molecule has 126 valence electrons. The third-order valence-electron chi connectivity index (χ3n) is 5.54. The van der Waals surface area contributed by atoms with Crippen LogP contribution in [0.25, 0.3) is 0 Å². The maximum absolute atomic E-state index is 9.34. The van der Waals surface area contributed by atoms with Crippen LogP contribution in [0.1, 0.15) is 48.3 Å². The first-order chi connectivity index (χ1) is 11.8. The van der Waals surface area contributed by atoms with Gasteiger partial charge in [0, 0.05) is 18.6 Å². The molecule has 1 aliphatic carbocycles. The van der Waals surface area contributed by atoms with Gasteiger partial charge >= 0.3 is 0 Å². The molecule has 24 heavy (non-hydrogen) atoms. The monoisotopic (exact) mass is 322 g/mol. The maximum atomic E-state index is 9.34. The summed E-state index contributed by atoms with van der Waals surface area (Å²) in [5, 5.41) is 9.34. The zero-order valence-corrected chi connectivity index (χ0v) is 14.2. The van der Waals surface area contributed by atoms with Crippen LogP contribution in [0.5, 0.6) is 5.75 Å². The van der Waals surface area contributed by atoms with Gasteiger partial charge in [-0.05, 0) is 61.1 Å². The highest BCUT2D eigenvalue weighted by Crippen LogP contribution is 2.50. The molecule has 4 rings (SSSR count). The standard InChI is InChI=1S/C22H26O2/c23-15-17-13-20(17)19-11-6-12-22-21(19)14-18(24-22)10-5-4-9-16-7-2-1-3-8-16/h1-3,6-8,11-12,17-18,20,23H,4-5,9-10,13-15H2/t17-,18+,20-/m0/s1. The van der Waals surface area contributed by atoms with Crippen molar-refractivity contribution in [2.45, 2.75) is 50.5 Å². The smallest absolute Gasteiger partial charge is 0.123 e. The zero-order chi connectivity index (χ0) is 16.4. The largest absolute Gasteiger partial charge is 0.490 e. The first kappa shape index (κ1) is 15.7. The van der Waals surface area contributed by atoms with Crippen LogP contribution in [-0.4, -0.2) is 17.8 Å². The number of hydrogen-bond donors (Lipinski definition) is 1. The molecule has 1 saturated carbocycles. The number of aliphatic hydroxyl groups is 1. The number of rotatable bonds is 7. The number of hydrogen-bond acceptors (Lipinski definition) is 2. The molecule has 0 unspecified atom stereocenters. The molecule has 2 nitrogen and oxygen atoms in total. The van der Waals surface area contributed by atoms with Gasteiger partial charge in [-0.2, -0.15) is 0 Å². The predicted molar refractivity (Wildman–Crippen MR) is 96.5 cm³/mol. The molecule has 2 aliphatic rings. The number of fused-ring (bicyclic) bond motifs is 1. The van der Waals surface area contributed by atoms with Gasteiger partial charge in [-0.1, -0.05) is 42.5 Å². The van der Waals surface area contributed by atoms with Crippen LogP contribution in [0.15, 0.2) is 48.5 Å². The molecule has 1 heterocycles. The van der Waals surface area contributed by atoms with E-state index in [4.69, 9.17) is 4.74 Å². The SMILES string of the molecule is OC[C@@H]1C[C@@H]1c1cccc2c1C[C@@H](CCCCc1ccccc1)O2. The summed E-state index contributed by atoms with van der Waals surface area (Å²) < 4.78 is 6.18. The van der Waals surface area contributed by atoms with Crippen molar-refractivity contribution in [1.82, 2.24) is 0 Å². The van der Waals surface area contributed by atoms with Gasteiger partial charge < -0.3 is 9.84 Å². The van der Waals surface area contributed by atoms with Gasteiger partial charge in [-0.25, -0.2) is 0 Å². The van der Waals surface area contributed by atoms with Gasteiger partial charge in [0.05, 0.1) is 0 Å². The topological polar surface area (TPSA) is 29.5 Å². The number of aryl methyl sites for hydroxylation is 1. The molecule has 0 amide bonds. The minimum atomic E-state index is 0.318. The summed E-state index contributed by atoms with van der Waals surface area (Å²) in [6.45, 7) is 0.318. The van der Waals surface area contributed by atoms with Gasteiger partial charge in [0.15, 0.2) is 0 Å². The highest BCUT2D eigenvalue weighted by Gasteiger charge is 2.40. The molecule has 1 N–H and O–H groups in total. The Morgan fingerprint density at radius 2 is 1.88 bits per heavy atom. The third-order valence-corrected chi connectivity index (χ3v) is 5.54. The first-order valence-electron chi connectivity index (χ1n) is 9.28. The van der Waals surface area contributed by atoms with Crippen molar-refractivity contribution >= 4 is 0 Å². The third kappa shape index (κ3) is 3.34. The summed E-state index contributed by atoms with van der Waals surface area (Å²) >= 11 is 0. The van der Waals surface area contributed by atoms with Crippen LogP contribution < -0.4 is 4.74 Å². The van der Waals surface area contributed by atoms with E-state index >= 15 is 0 Å². The molecule has 2 aromatic carbocycles. The normalized spacial score (nSPS) is 24.5. The fourth-order valence-electron chi connectivity index (χ4n) is 4.04. The second-order valence-electron chi connectivity index (χ2n) is 7.28. The Morgan fingerprint density at radius 3 is 2.67 bits per heavy atom. The van der Waals surface area contributed by atoms with Crippen molar-refractivity contribution in [1.29, 1.82) is 0 Å². The highest BCUT2D eigenvalue weighted by molar-refractivity contribution is 5.47. The lowest BCUT2D eigenvalue weighted by Crippen LogP contribution is -2.12. The Bertz CT molecular complexity index is 680. The highest BCUT2D eigenvalue weighted by atomic mass is 16.5. The van der Waals surface area contributed by atoms with Crippen LogP contribution >= 0.6 is 0 Å². The van der Waals surface area contributed by atoms with E-state index in [1.165, 1.54) is 29.5 Å². The van der Waals surface area contributed by atoms with E-state index in [9.17, 15) is 5.11 Å². The summed E-state index contributed by atoms with van der Waals surface area (Å²) in [5.74, 6) is 2.12. The summed E-state index contributed by atoms with van der Waals surface area (Å²) in [6.07, 6.45) is 7.25. The summed E-state index contributed by atoms with van der Waals surface area (Å²) in [7, 11) is 0. The molecule has 3 atom stereocenters. The molecule has 0 spiro atoms. The van der Waals surface area contributed by atoms with E-state index < -0.39 is 0 Å². The van der Waals surface area contributed by atoms with Gasteiger partial charge in [-0.3, -0.25) is 0 Å². The Kier molecular flexibility index (Phi) is 4.57. The molecule has 0 saturated heterocycles.